The van der Waals surface area contributed by atoms with Crippen LogP contribution in [0.5, 0.6) is 0 Å². The van der Waals surface area contributed by atoms with E-state index in [1.54, 1.807) is 24.7 Å². The zero-order chi connectivity index (χ0) is 10.7. The minimum Gasteiger partial charge on any atom is -0.385 e. The highest BCUT2D eigenvalue weighted by atomic mass is 16.3. The van der Waals surface area contributed by atoms with Gasteiger partial charge in [0.1, 0.15) is 17.7 Å². The Labute approximate surface area is 87.0 Å². The number of aliphatic hydroxyl groups is 1. The van der Waals surface area contributed by atoms with Gasteiger partial charge in [0.05, 0.1) is 0 Å². The molecule has 0 amide bonds. The Morgan fingerprint density at radius 2 is 2.27 bits per heavy atom. The molecule has 5 nitrogen and oxygen atoms in total. The van der Waals surface area contributed by atoms with Gasteiger partial charge in [-0.1, -0.05) is 0 Å². The minimum atomic E-state index is -0.637. The summed E-state index contributed by atoms with van der Waals surface area (Å²) in [5, 5.41) is 9.80. The summed E-state index contributed by atoms with van der Waals surface area (Å²) in [5.41, 5.74) is 6.47. The van der Waals surface area contributed by atoms with E-state index in [9.17, 15) is 5.11 Å². The van der Waals surface area contributed by atoms with Crippen LogP contribution in [0.25, 0.3) is 0 Å². The molecule has 0 saturated heterocycles. The fourth-order valence-electron chi connectivity index (χ4n) is 1.40. The van der Waals surface area contributed by atoms with E-state index in [2.05, 4.69) is 15.0 Å². The predicted molar refractivity (Wildman–Crippen MR) is 55.9 cm³/mol. The molecule has 4 N–H and O–H groups in total. The number of aliphatic hydroxyl groups excluding tert-OH is 1. The topological polar surface area (TPSA) is 87.8 Å². The largest absolute Gasteiger partial charge is 0.385 e. The molecular weight excluding hydrogens is 192 g/mol. The molecule has 1 atom stereocenters. The molecule has 2 aromatic rings. The highest BCUT2D eigenvalue weighted by Crippen LogP contribution is 2.15. The molecule has 2 aromatic heterocycles. The molecule has 2 rings (SSSR count). The third kappa shape index (κ3) is 2.32. The number of anilines is 1. The monoisotopic (exact) mass is 204 g/mol. The first kappa shape index (κ1) is 9.67. The van der Waals surface area contributed by atoms with Gasteiger partial charge in [-0.2, -0.15) is 0 Å². The Morgan fingerprint density at radius 1 is 1.40 bits per heavy atom. The molecular formula is C10H12N4O. The molecule has 0 aliphatic heterocycles. The number of nitrogens with two attached hydrogens (primary N) is 1. The van der Waals surface area contributed by atoms with Crippen LogP contribution in [0.3, 0.4) is 0 Å². The first-order valence-electron chi connectivity index (χ1n) is 4.63. The third-order valence-corrected chi connectivity index (χ3v) is 2.11. The third-order valence-electron chi connectivity index (χ3n) is 2.11. The van der Waals surface area contributed by atoms with Crippen molar-refractivity contribution in [3.05, 3.63) is 42.1 Å². The van der Waals surface area contributed by atoms with Crippen LogP contribution in [0.15, 0.2) is 30.7 Å². The molecule has 15 heavy (non-hydrogen) atoms. The summed E-state index contributed by atoms with van der Waals surface area (Å²) in [5.74, 6) is 1.02. The Bertz CT molecular complexity index is 427. The molecule has 0 bridgehead atoms. The van der Waals surface area contributed by atoms with Crippen molar-refractivity contribution in [3.63, 3.8) is 0 Å². The lowest BCUT2D eigenvalue weighted by molar-refractivity contribution is 0.169. The number of nitrogens with one attached hydrogen (secondary N) is 1. The number of nitrogens with zero attached hydrogens (tertiary/aromatic N) is 2. The highest BCUT2D eigenvalue weighted by molar-refractivity contribution is 5.32. The Balaban J connectivity index is 2.09. The second kappa shape index (κ2) is 4.10. The van der Waals surface area contributed by atoms with Crippen LogP contribution in [0, 0.1) is 0 Å². The van der Waals surface area contributed by atoms with E-state index in [4.69, 9.17) is 5.73 Å². The Kier molecular flexibility index (Phi) is 2.64. The molecule has 0 aromatic carbocycles. The van der Waals surface area contributed by atoms with Gasteiger partial charge in [0.2, 0.25) is 0 Å². The molecule has 1 unspecified atom stereocenters. The zero-order valence-corrected chi connectivity index (χ0v) is 8.09. The summed E-state index contributed by atoms with van der Waals surface area (Å²) in [7, 11) is 0. The fourth-order valence-corrected chi connectivity index (χ4v) is 1.40. The first-order valence-corrected chi connectivity index (χ1v) is 4.63. The highest BCUT2D eigenvalue weighted by Gasteiger charge is 2.10. The van der Waals surface area contributed by atoms with E-state index in [1.807, 2.05) is 6.07 Å². The summed E-state index contributed by atoms with van der Waals surface area (Å²) in [6.45, 7) is 0. The fraction of sp³-hybridized carbons (Fsp3) is 0.200. The quantitative estimate of drug-likeness (QED) is 0.685. The van der Waals surface area contributed by atoms with Crippen molar-refractivity contribution in [2.45, 2.75) is 12.5 Å². The number of imidazole rings is 1. The van der Waals surface area contributed by atoms with Gasteiger partial charge in [0, 0.05) is 25.0 Å². The number of H-pyrrole nitrogens is 1. The molecule has 0 fully saturated rings. The van der Waals surface area contributed by atoms with Gasteiger partial charge in [-0.15, -0.1) is 0 Å². The molecule has 78 valence electrons. The van der Waals surface area contributed by atoms with E-state index in [-0.39, 0.29) is 0 Å². The molecule has 5 heteroatoms. The van der Waals surface area contributed by atoms with Crippen molar-refractivity contribution in [2.24, 2.45) is 0 Å². The van der Waals surface area contributed by atoms with Crippen molar-refractivity contribution in [3.8, 4) is 0 Å². The van der Waals surface area contributed by atoms with Crippen LogP contribution >= 0.6 is 0 Å². The first-order chi connectivity index (χ1) is 7.25. The van der Waals surface area contributed by atoms with Crippen LogP contribution < -0.4 is 5.73 Å². The van der Waals surface area contributed by atoms with Crippen LogP contribution in [0.4, 0.5) is 5.82 Å². The molecule has 0 aliphatic rings. The van der Waals surface area contributed by atoms with Crippen molar-refractivity contribution in [1.29, 1.82) is 0 Å². The molecule has 0 saturated carbocycles. The number of hydrogen-bond donors (Lipinski definition) is 3. The number of aromatic amines is 1. The standard InChI is InChI=1S/C10H12N4O/c11-9-6-7(1-2-12-9)5-8(15)10-13-3-4-14-10/h1-4,6,8,15H,5H2,(H2,11,12)(H,13,14). The Hall–Kier alpha value is -1.88. The summed E-state index contributed by atoms with van der Waals surface area (Å²) < 4.78 is 0. The Morgan fingerprint density at radius 3 is 2.93 bits per heavy atom. The minimum absolute atomic E-state index is 0.458. The van der Waals surface area contributed by atoms with E-state index in [1.165, 1.54) is 0 Å². The van der Waals surface area contributed by atoms with E-state index >= 15 is 0 Å². The maximum Gasteiger partial charge on any atom is 0.135 e. The van der Waals surface area contributed by atoms with Crippen molar-refractivity contribution < 1.29 is 5.11 Å². The van der Waals surface area contributed by atoms with Crippen LogP contribution in [0.1, 0.15) is 17.5 Å². The molecule has 0 radical (unpaired) electrons. The number of rotatable bonds is 3. The van der Waals surface area contributed by atoms with Crippen LogP contribution in [-0.2, 0) is 6.42 Å². The van der Waals surface area contributed by atoms with Gasteiger partial charge in [-0.05, 0) is 17.7 Å². The molecule has 0 aliphatic carbocycles. The maximum atomic E-state index is 9.80. The van der Waals surface area contributed by atoms with E-state index < -0.39 is 6.10 Å². The summed E-state index contributed by atoms with van der Waals surface area (Å²) in [4.78, 5) is 10.7. The average molecular weight is 204 g/mol. The van der Waals surface area contributed by atoms with Gasteiger partial charge >= 0.3 is 0 Å². The normalized spacial score (nSPS) is 12.6. The number of aromatic nitrogens is 3. The van der Waals surface area contributed by atoms with Crippen LogP contribution in [-0.4, -0.2) is 20.1 Å². The second-order valence-corrected chi connectivity index (χ2v) is 3.28. The molecule has 0 spiro atoms. The van der Waals surface area contributed by atoms with Crippen molar-refractivity contribution >= 4 is 5.82 Å². The van der Waals surface area contributed by atoms with Gasteiger partial charge in [-0.25, -0.2) is 9.97 Å². The van der Waals surface area contributed by atoms with Crippen LogP contribution in [0.2, 0.25) is 0 Å². The number of nitrogen functional groups attached to an aromatic ring is 1. The SMILES string of the molecule is Nc1cc(CC(O)c2ncc[nH]2)ccn1. The summed E-state index contributed by atoms with van der Waals surface area (Å²) >= 11 is 0. The van der Waals surface area contributed by atoms with Gasteiger partial charge < -0.3 is 15.8 Å². The van der Waals surface area contributed by atoms with E-state index in [0.717, 1.165) is 5.56 Å². The lowest BCUT2D eigenvalue weighted by Gasteiger charge is -2.07. The lowest BCUT2D eigenvalue weighted by atomic mass is 10.1. The summed E-state index contributed by atoms with van der Waals surface area (Å²) in [6.07, 6.45) is 4.75. The molecule has 2 heterocycles. The second-order valence-electron chi connectivity index (χ2n) is 3.28. The van der Waals surface area contributed by atoms with Crippen molar-refractivity contribution in [1.82, 2.24) is 15.0 Å². The number of pyridine rings is 1. The average Bonchev–Trinajstić information content (AvgIpc) is 2.70. The van der Waals surface area contributed by atoms with Crippen molar-refractivity contribution in [2.75, 3.05) is 5.73 Å². The van der Waals surface area contributed by atoms with Gasteiger partial charge in [-0.3, -0.25) is 0 Å². The van der Waals surface area contributed by atoms with Gasteiger partial charge in [0.15, 0.2) is 0 Å². The smallest absolute Gasteiger partial charge is 0.135 e. The van der Waals surface area contributed by atoms with E-state index in [0.29, 0.717) is 18.1 Å². The van der Waals surface area contributed by atoms with Gasteiger partial charge in [0.25, 0.3) is 0 Å². The summed E-state index contributed by atoms with van der Waals surface area (Å²) in [6, 6.07) is 3.56. The zero-order valence-electron chi connectivity index (χ0n) is 8.09. The maximum absolute atomic E-state index is 9.80. The lowest BCUT2D eigenvalue weighted by Crippen LogP contribution is -2.04. The predicted octanol–water partition coefficient (Wildman–Crippen LogP) is 0.663. The number of hydrogen-bond acceptors (Lipinski definition) is 4.